The third-order valence-electron chi connectivity index (χ3n) is 2.52. The molecule has 0 bridgehead atoms. The average Bonchev–Trinajstić information content (AvgIpc) is 2.15. The summed E-state index contributed by atoms with van der Waals surface area (Å²) in [5.74, 6) is -0.193. The van der Waals surface area contributed by atoms with E-state index in [4.69, 9.17) is 4.74 Å². The van der Waals surface area contributed by atoms with Crippen molar-refractivity contribution in [2.24, 2.45) is 0 Å². The lowest BCUT2D eigenvalue weighted by molar-refractivity contribution is -0.145. The van der Waals surface area contributed by atoms with Gasteiger partial charge in [0.1, 0.15) is 0 Å². The Hall–Kier alpha value is -1.05. The van der Waals surface area contributed by atoms with Gasteiger partial charge in [0.15, 0.2) is 0 Å². The zero-order chi connectivity index (χ0) is 13.3. The summed E-state index contributed by atoms with van der Waals surface area (Å²) in [6.07, 6.45) is 8.65. The summed E-state index contributed by atoms with van der Waals surface area (Å²) in [4.78, 5) is 10.7. The zero-order valence-corrected chi connectivity index (χ0v) is 11.9. The molecule has 0 aliphatic rings. The number of carbonyl (C=O) groups is 1. The maximum absolute atomic E-state index is 10.7. The summed E-state index contributed by atoms with van der Waals surface area (Å²) in [7, 11) is 0. The maximum Gasteiger partial charge on any atom is 0.302 e. The summed E-state index contributed by atoms with van der Waals surface area (Å²) >= 11 is 0. The van der Waals surface area contributed by atoms with Crippen LogP contribution in [0.2, 0.25) is 0 Å². The Morgan fingerprint density at radius 3 is 2.29 bits per heavy atom. The first kappa shape index (κ1) is 16.0. The molecule has 0 fully saturated rings. The van der Waals surface area contributed by atoms with Crippen LogP contribution in [0.25, 0.3) is 0 Å². The molecule has 0 heterocycles. The zero-order valence-electron chi connectivity index (χ0n) is 11.9. The number of carbonyl (C=O) groups excluding carboxylic acids is 1. The lowest BCUT2D eigenvalue weighted by Gasteiger charge is -2.10. The normalized spacial score (nSPS) is 13.1. The number of hydrogen-bond donors (Lipinski definition) is 0. The van der Waals surface area contributed by atoms with Gasteiger partial charge in [0.25, 0.3) is 0 Å². The van der Waals surface area contributed by atoms with Gasteiger partial charge in [-0.05, 0) is 53.4 Å². The van der Waals surface area contributed by atoms with Gasteiger partial charge in [-0.2, -0.15) is 0 Å². The summed E-state index contributed by atoms with van der Waals surface area (Å²) in [5.41, 5.74) is 2.79. The van der Waals surface area contributed by atoms with Crippen LogP contribution in [0.4, 0.5) is 0 Å². The molecule has 0 saturated heterocycles. The smallest absolute Gasteiger partial charge is 0.302 e. The predicted octanol–water partition coefficient (Wildman–Crippen LogP) is 4.41. The molecule has 98 valence electrons. The van der Waals surface area contributed by atoms with Gasteiger partial charge in [-0.1, -0.05) is 23.3 Å². The van der Waals surface area contributed by atoms with Crippen molar-refractivity contribution in [1.82, 2.24) is 0 Å². The van der Waals surface area contributed by atoms with Crippen LogP contribution in [-0.4, -0.2) is 12.1 Å². The van der Waals surface area contributed by atoms with E-state index in [0.717, 1.165) is 25.7 Å². The van der Waals surface area contributed by atoms with Crippen LogP contribution in [0.15, 0.2) is 23.3 Å². The molecule has 0 aliphatic carbocycles. The topological polar surface area (TPSA) is 26.3 Å². The minimum atomic E-state index is -0.193. The SMILES string of the molecule is CC(=O)O[C@@H](C)CC/C=C(\C)CCC=C(C)C. The summed E-state index contributed by atoms with van der Waals surface area (Å²) in [6.45, 7) is 9.81. The van der Waals surface area contributed by atoms with Crippen molar-refractivity contribution < 1.29 is 9.53 Å². The number of esters is 1. The second-order valence-corrected chi connectivity index (χ2v) is 4.87. The molecule has 0 unspecified atom stereocenters. The van der Waals surface area contributed by atoms with E-state index in [0.29, 0.717) is 0 Å². The van der Waals surface area contributed by atoms with E-state index in [1.165, 1.54) is 18.1 Å². The molecule has 0 spiro atoms. The first-order valence-corrected chi connectivity index (χ1v) is 6.38. The van der Waals surface area contributed by atoms with Crippen molar-refractivity contribution in [2.45, 2.75) is 66.4 Å². The minimum Gasteiger partial charge on any atom is -0.463 e. The Morgan fingerprint density at radius 2 is 1.76 bits per heavy atom. The van der Waals surface area contributed by atoms with Gasteiger partial charge in [0.05, 0.1) is 6.10 Å². The van der Waals surface area contributed by atoms with Crippen LogP contribution in [-0.2, 0) is 9.53 Å². The Bertz CT molecular complexity index is 283. The molecule has 0 aromatic rings. The molecule has 1 atom stereocenters. The number of ether oxygens (including phenoxy) is 1. The first-order chi connectivity index (χ1) is 7.91. The molecule has 0 aliphatic heterocycles. The van der Waals surface area contributed by atoms with Crippen molar-refractivity contribution in [2.75, 3.05) is 0 Å². The van der Waals surface area contributed by atoms with Gasteiger partial charge in [0, 0.05) is 6.92 Å². The molecule has 17 heavy (non-hydrogen) atoms. The van der Waals surface area contributed by atoms with Gasteiger partial charge in [0.2, 0.25) is 0 Å². The minimum absolute atomic E-state index is 0.0225. The van der Waals surface area contributed by atoms with Gasteiger partial charge >= 0.3 is 5.97 Å². The highest BCUT2D eigenvalue weighted by atomic mass is 16.5. The predicted molar refractivity (Wildman–Crippen MR) is 72.9 cm³/mol. The Morgan fingerprint density at radius 1 is 1.12 bits per heavy atom. The van der Waals surface area contributed by atoms with E-state index in [-0.39, 0.29) is 12.1 Å². The third kappa shape index (κ3) is 11.2. The number of allylic oxidation sites excluding steroid dienone is 4. The molecule has 0 aromatic heterocycles. The van der Waals surface area contributed by atoms with Gasteiger partial charge < -0.3 is 4.74 Å². The van der Waals surface area contributed by atoms with Crippen LogP contribution in [0.3, 0.4) is 0 Å². The van der Waals surface area contributed by atoms with Crippen LogP contribution >= 0.6 is 0 Å². The van der Waals surface area contributed by atoms with Crippen molar-refractivity contribution >= 4 is 5.97 Å². The summed E-state index contributed by atoms with van der Waals surface area (Å²) in [5, 5.41) is 0. The van der Waals surface area contributed by atoms with Crippen LogP contribution < -0.4 is 0 Å². The van der Waals surface area contributed by atoms with E-state index in [1.807, 2.05) is 6.92 Å². The van der Waals surface area contributed by atoms with Crippen molar-refractivity contribution in [3.05, 3.63) is 23.3 Å². The molecular weight excluding hydrogens is 212 g/mol. The fourth-order valence-electron chi connectivity index (χ4n) is 1.60. The first-order valence-electron chi connectivity index (χ1n) is 6.38. The Balaban J connectivity index is 3.76. The van der Waals surface area contributed by atoms with E-state index < -0.39 is 0 Å². The molecule has 2 nitrogen and oxygen atoms in total. The average molecular weight is 238 g/mol. The van der Waals surface area contributed by atoms with Gasteiger partial charge in [-0.3, -0.25) is 4.79 Å². The molecule has 0 rings (SSSR count). The highest BCUT2D eigenvalue weighted by Gasteiger charge is 2.03. The highest BCUT2D eigenvalue weighted by molar-refractivity contribution is 5.66. The third-order valence-corrected chi connectivity index (χ3v) is 2.52. The molecule has 0 amide bonds. The van der Waals surface area contributed by atoms with Crippen molar-refractivity contribution in [3.63, 3.8) is 0 Å². The lowest BCUT2D eigenvalue weighted by Crippen LogP contribution is -2.11. The van der Waals surface area contributed by atoms with Crippen LogP contribution in [0, 0.1) is 0 Å². The van der Waals surface area contributed by atoms with Crippen molar-refractivity contribution in [1.29, 1.82) is 0 Å². The molecule has 0 N–H and O–H groups in total. The Kier molecular flexibility index (Phi) is 8.47. The fraction of sp³-hybridized carbons (Fsp3) is 0.667. The van der Waals surface area contributed by atoms with E-state index in [2.05, 4.69) is 32.9 Å². The van der Waals surface area contributed by atoms with Gasteiger partial charge in [-0.25, -0.2) is 0 Å². The molecule has 0 radical (unpaired) electrons. The lowest BCUT2D eigenvalue weighted by atomic mass is 10.1. The maximum atomic E-state index is 10.7. The van der Waals surface area contributed by atoms with E-state index in [1.54, 1.807) is 0 Å². The van der Waals surface area contributed by atoms with Gasteiger partial charge in [-0.15, -0.1) is 0 Å². The van der Waals surface area contributed by atoms with Crippen molar-refractivity contribution in [3.8, 4) is 0 Å². The number of hydrogen-bond acceptors (Lipinski definition) is 2. The molecule has 2 heteroatoms. The fourth-order valence-corrected chi connectivity index (χ4v) is 1.60. The summed E-state index contributed by atoms with van der Waals surface area (Å²) < 4.78 is 5.07. The molecule has 0 aromatic carbocycles. The molecular formula is C15H26O2. The van der Waals surface area contributed by atoms with E-state index in [9.17, 15) is 4.79 Å². The monoisotopic (exact) mass is 238 g/mol. The largest absolute Gasteiger partial charge is 0.463 e. The highest BCUT2D eigenvalue weighted by Crippen LogP contribution is 2.10. The van der Waals surface area contributed by atoms with Crippen LogP contribution in [0.1, 0.15) is 60.3 Å². The quantitative estimate of drug-likeness (QED) is 0.485. The standard InChI is InChI=1S/C15H26O2/c1-12(2)8-6-9-13(3)10-7-11-14(4)17-15(5)16/h8,10,14H,6-7,9,11H2,1-5H3/b13-10+/t14-/m0/s1. The van der Waals surface area contributed by atoms with E-state index >= 15 is 0 Å². The second kappa shape index (κ2) is 9.03. The number of rotatable bonds is 7. The van der Waals surface area contributed by atoms with Crippen LogP contribution in [0.5, 0.6) is 0 Å². The summed E-state index contributed by atoms with van der Waals surface area (Å²) in [6, 6.07) is 0. The Labute approximate surface area is 106 Å². The molecule has 0 saturated carbocycles. The second-order valence-electron chi connectivity index (χ2n) is 4.87.